The van der Waals surface area contributed by atoms with Crippen LogP contribution in [0.25, 0.3) is 0 Å². The fourth-order valence-electron chi connectivity index (χ4n) is 3.09. The maximum atomic E-state index is 12.5. The van der Waals surface area contributed by atoms with Crippen LogP contribution in [0.3, 0.4) is 0 Å². The summed E-state index contributed by atoms with van der Waals surface area (Å²) in [6.45, 7) is 10.4. The Balaban J connectivity index is 1.83. The number of hydrogen-bond acceptors (Lipinski definition) is 5. The van der Waals surface area contributed by atoms with Gasteiger partial charge in [0.25, 0.3) is 0 Å². The molecule has 0 aliphatic rings. The van der Waals surface area contributed by atoms with E-state index in [0.717, 1.165) is 28.7 Å². The number of benzene rings is 2. The molecule has 6 heteroatoms. The Morgan fingerprint density at radius 2 is 1.74 bits per heavy atom. The van der Waals surface area contributed by atoms with Crippen molar-refractivity contribution >= 4 is 17.5 Å². The van der Waals surface area contributed by atoms with Crippen molar-refractivity contribution in [2.75, 3.05) is 5.75 Å². The molecule has 0 saturated heterocycles. The van der Waals surface area contributed by atoms with Crippen LogP contribution < -0.4 is 4.74 Å². The van der Waals surface area contributed by atoms with E-state index in [4.69, 9.17) is 4.74 Å². The topological polar surface area (TPSA) is 57.0 Å². The molecule has 1 atom stereocenters. The minimum absolute atomic E-state index is 0.0181. The average molecular weight is 438 g/mol. The van der Waals surface area contributed by atoms with E-state index in [2.05, 4.69) is 52.9 Å². The predicted molar refractivity (Wildman–Crippen MR) is 126 cm³/mol. The zero-order chi connectivity index (χ0) is 22.4. The van der Waals surface area contributed by atoms with Crippen LogP contribution in [0.1, 0.15) is 57.6 Å². The largest absolute Gasteiger partial charge is 0.486 e. The summed E-state index contributed by atoms with van der Waals surface area (Å²) >= 11 is 1.44. The van der Waals surface area contributed by atoms with Gasteiger partial charge >= 0.3 is 0 Å². The monoisotopic (exact) mass is 437 g/mol. The molecule has 0 N–H and O–H groups in total. The Morgan fingerprint density at radius 3 is 2.35 bits per heavy atom. The van der Waals surface area contributed by atoms with Gasteiger partial charge in [0.05, 0.1) is 11.8 Å². The van der Waals surface area contributed by atoms with Crippen molar-refractivity contribution in [1.82, 2.24) is 14.8 Å². The fourth-order valence-corrected chi connectivity index (χ4v) is 4.28. The Hall–Kier alpha value is -2.60. The van der Waals surface area contributed by atoms with Crippen molar-refractivity contribution in [3.8, 4) is 5.75 Å². The normalized spacial score (nSPS) is 12.5. The second kappa shape index (κ2) is 10.1. The summed E-state index contributed by atoms with van der Waals surface area (Å²) < 4.78 is 8.09. The van der Waals surface area contributed by atoms with Crippen LogP contribution in [-0.4, -0.2) is 26.3 Å². The van der Waals surface area contributed by atoms with Gasteiger partial charge in [-0.15, -0.1) is 10.2 Å². The van der Waals surface area contributed by atoms with Gasteiger partial charge in [-0.05, 0) is 36.6 Å². The third-order valence-electron chi connectivity index (χ3n) is 5.27. The van der Waals surface area contributed by atoms with Gasteiger partial charge in [0.2, 0.25) is 0 Å². The minimum Gasteiger partial charge on any atom is -0.486 e. The van der Waals surface area contributed by atoms with Gasteiger partial charge in [-0.3, -0.25) is 9.36 Å². The lowest BCUT2D eigenvalue weighted by molar-refractivity contribution is -0.123. The molecule has 0 unspecified atom stereocenters. The molecule has 0 amide bonds. The number of rotatable bonds is 9. The van der Waals surface area contributed by atoms with Crippen molar-refractivity contribution in [3.05, 3.63) is 71.5 Å². The standard InChI is InChI=1S/C25H31N3O2S/c1-6-19-12-14-21(15-13-19)30-16-23-26-27-24(31-17-22(29)25(3,4)5)28(23)18(2)20-10-8-7-9-11-20/h7-15,18H,6,16-17H2,1-5H3/t18-/m0/s1. The van der Waals surface area contributed by atoms with E-state index in [1.54, 1.807) is 0 Å². The number of carbonyl (C=O) groups excluding carboxylic acids is 1. The first-order chi connectivity index (χ1) is 14.8. The number of aryl methyl sites for hydroxylation is 1. The summed E-state index contributed by atoms with van der Waals surface area (Å²) in [4.78, 5) is 12.5. The van der Waals surface area contributed by atoms with Crippen molar-refractivity contribution in [2.45, 2.75) is 58.8 Å². The van der Waals surface area contributed by atoms with Crippen LogP contribution in [-0.2, 0) is 17.8 Å². The molecule has 31 heavy (non-hydrogen) atoms. The molecule has 0 radical (unpaired) electrons. The molecule has 0 bridgehead atoms. The number of Topliss-reactive ketones (excluding diaryl/α,β-unsaturated/α-hetero) is 1. The smallest absolute Gasteiger partial charge is 0.192 e. The SMILES string of the molecule is CCc1ccc(OCc2nnc(SCC(=O)C(C)(C)C)n2[C@@H](C)c2ccccc2)cc1. The number of thioether (sulfide) groups is 1. The van der Waals surface area contributed by atoms with Gasteiger partial charge in [-0.1, -0.05) is 81.9 Å². The van der Waals surface area contributed by atoms with E-state index in [9.17, 15) is 4.79 Å². The molecule has 0 fully saturated rings. The van der Waals surface area contributed by atoms with Crippen molar-refractivity contribution in [3.63, 3.8) is 0 Å². The molecular weight excluding hydrogens is 406 g/mol. The van der Waals surface area contributed by atoms with Gasteiger partial charge in [0, 0.05) is 5.41 Å². The Labute approximate surface area is 189 Å². The maximum absolute atomic E-state index is 12.5. The Morgan fingerprint density at radius 1 is 1.06 bits per heavy atom. The first-order valence-electron chi connectivity index (χ1n) is 10.7. The van der Waals surface area contributed by atoms with Gasteiger partial charge in [-0.2, -0.15) is 0 Å². The number of nitrogens with zero attached hydrogens (tertiary/aromatic N) is 3. The van der Waals surface area contributed by atoms with Crippen LogP contribution in [0.5, 0.6) is 5.75 Å². The Kier molecular flexibility index (Phi) is 7.55. The molecule has 0 aliphatic carbocycles. The summed E-state index contributed by atoms with van der Waals surface area (Å²) in [5.74, 6) is 2.09. The maximum Gasteiger partial charge on any atom is 0.192 e. The fraction of sp³-hybridized carbons (Fsp3) is 0.400. The van der Waals surface area contributed by atoms with E-state index in [-0.39, 0.29) is 17.2 Å². The molecule has 0 saturated carbocycles. The van der Waals surface area contributed by atoms with Gasteiger partial charge in [0.1, 0.15) is 18.1 Å². The van der Waals surface area contributed by atoms with Gasteiger partial charge < -0.3 is 4.74 Å². The number of carbonyl (C=O) groups is 1. The van der Waals surface area contributed by atoms with E-state index < -0.39 is 0 Å². The van der Waals surface area contributed by atoms with E-state index >= 15 is 0 Å². The van der Waals surface area contributed by atoms with E-state index in [1.807, 2.05) is 51.1 Å². The lowest BCUT2D eigenvalue weighted by Crippen LogP contribution is -2.22. The van der Waals surface area contributed by atoms with Crippen molar-refractivity contribution in [1.29, 1.82) is 0 Å². The van der Waals surface area contributed by atoms with Crippen LogP contribution in [0.4, 0.5) is 0 Å². The van der Waals surface area contributed by atoms with E-state index in [0.29, 0.717) is 12.4 Å². The summed E-state index contributed by atoms with van der Waals surface area (Å²) in [6.07, 6.45) is 0.997. The van der Waals surface area contributed by atoms with Crippen LogP contribution >= 0.6 is 11.8 Å². The minimum atomic E-state index is -0.376. The lowest BCUT2D eigenvalue weighted by Gasteiger charge is -2.20. The first kappa shape index (κ1) is 23.1. The highest BCUT2D eigenvalue weighted by Crippen LogP contribution is 2.28. The second-order valence-corrected chi connectivity index (χ2v) is 9.55. The van der Waals surface area contributed by atoms with Crippen LogP contribution in [0.2, 0.25) is 0 Å². The molecule has 164 valence electrons. The van der Waals surface area contributed by atoms with Crippen LogP contribution in [0.15, 0.2) is 59.8 Å². The molecule has 1 aromatic heterocycles. The number of ketones is 1. The molecule has 0 aliphatic heterocycles. The molecule has 0 spiro atoms. The molecule has 5 nitrogen and oxygen atoms in total. The van der Waals surface area contributed by atoms with Gasteiger partial charge in [0.15, 0.2) is 11.0 Å². The first-order valence-corrected chi connectivity index (χ1v) is 11.6. The second-order valence-electron chi connectivity index (χ2n) is 8.60. The zero-order valence-corrected chi connectivity index (χ0v) is 19.8. The van der Waals surface area contributed by atoms with Gasteiger partial charge in [-0.25, -0.2) is 0 Å². The summed E-state index contributed by atoms with van der Waals surface area (Å²) in [6, 6.07) is 18.4. The molecule has 2 aromatic carbocycles. The third-order valence-corrected chi connectivity index (χ3v) is 6.22. The number of ether oxygens (including phenoxy) is 1. The summed E-state index contributed by atoms with van der Waals surface area (Å²) in [5, 5.41) is 9.54. The highest BCUT2D eigenvalue weighted by Gasteiger charge is 2.24. The highest BCUT2D eigenvalue weighted by atomic mass is 32.2. The quantitative estimate of drug-likeness (QED) is 0.400. The van der Waals surface area contributed by atoms with Crippen molar-refractivity contribution < 1.29 is 9.53 Å². The molecule has 3 rings (SSSR count). The molecular formula is C25H31N3O2S. The average Bonchev–Trinajstić information content (AvgIpc) is 3.18. The molecule has 1 heterocycles. The lowest BCUT2D eigenvalue weighted by atomic mass is 9.92. The molecule has 3 aromatic rings. The van der Waals surface area contributed by atoms with E-state index in [1.165, 1.54) is 17.3 Å². The van der Waals surface area contributed by atoms with Crippen molar-refractivity contribution in [2.24, 2.45) is 5.41 Å². The summed E-state index contributed by atoms with van der Waals surface area (Å²) in [7, 11) is 0. The van der Waals surface area contributed by atoms with Crippen LogP contribution in [0, 0.1) is 5.41 Å². The summed E-state index contributed by atoms with van der Waals surface area (Å²) in [5.41, 5.74) is 2.05. The Bertz CT molecular complexity index is 992. The predicted octanol–water partition coefficient (Wildman–Crippen LogP) is 5.74. The third kappa shape index (κ3) is 5.97. The number of aromatic nitrogens is 3. The highest BCUT2D eigenvalue weighted by molar-refractivity contribution is 7.99. The number of hydrogen-bond donors (Lipinski definition) is 0. The zero-order valence-electron chi connectivity index (χ0n) is 19.0.